The van der Waals surface area contributed by atoms with Gasteiger partial charge in [0, 0.05) is 19.1 Å². The Hall–Kier alpha value is -0.120. The summed E-state index contributed by atoms with van der Waals surface area (Å²) in [4.78, 5) is 2.39. The third-order valence-electron chi connectivity index (χ3n) is 3.26. The van der Waals surface area contributed by atoms with Crippen LogP contribution in [0, 0.1) is 5.41 Å². The Kier molecular flexibility index (Phi) is 4.85. The topological polar surface area (TPSA) is 24.5 Å². The predicted octanol–water partition coefficient (Wildman–Crippen LogP) is 0.954. The zero-order valence-electron chi connectivity index (χ0n) is 9.81. The molecule has 0 aromatic rings. The lowest BCUT2D eigenvalue weighted by molar-refractivity contribution is 0.0296. The van der Waals surface area contributed by atoms with E-state index in [0.717, 1.165) is 26.2 Å². The minimum absolute atomic E-state index is 0.394. The summed E-state index contributed by atoms with van der Waals surface area (Å²) in [7, 11) is 4.01. The fourth-order valence-corrected chi connectivity index (χ4v) is 2.30. The first kappa shape index (κ1) is 12.0. The fourth-order valence-electron chi connectivity index (χ4n) is 2.30. The van der Waals surface area contributed by atoms with Crippen molar-refractivity contribution in [3.8, 4) is 0 Å². The molecule has 0 unspecified atom stereocenters. The van der Waals surface area contributed by atoms with Crippen molar-refractivity contribution in [2.45, 2.75) is 19.8 Å². The molecule has 1 saturated heterocycles. The maximum atomic E-state index is 5.38. The molecule has 0 bridgehead atoms. The summed E-state index contributed by atoms with van der Waals surface area (Å²) in [6.45, 7) is 7.68. The van der Waals surface area contributed by atoms with Gasteiger partial charge in [-0.25, -0.2) is 0 Å². The molecule has 0 aromatic heterocycles. The highest BCUT2D eigenvalue weighted by molar-refractivity contribution is 4.86. The van der Waals surface area contributed by atoms with Crippen LogP contribution >= 0.6 is 0 Å². The third kappa shape index (κ3) is 3.23. The van der Waals surface area contributed by atoms with E-state index in [1.807, 2.05) is 7.11 Å². The van der Waals surface area contributed by atoms with Crippen molar-refractivity contribution in [1.82, 2.24) is 10.2 Å². The van der Waals surface area contributed by atoms with E-state index in [9.17, 15) is 0 Å². The summed E-state index contributed by atoms with van der Waals surface area (Å²) in [5.74, 6) is 0. The van der Waals surface area contributed by atoms with Crippen LogP contribution in [0.15, 0.2) is 0 Å². The summed E-state index contributed by atoms with van der Waals surface area (Å²) < 4.78 is 5.38. The molecule has 1 rings (SSSR count). The van der Waals surface area contributed by atoms with E-state index in [2.05, 4.69) is 24.2 Å². The van der Waals surface area contributed by atoms with Crippen molar-refractivity contribution < 1.29 is 4.74 Å². The average Bonchev–Trinajstić information content (AvgIpc) is 2.19. The quantitative estimate of drug-likeness (QED) is 0.715. The van der Waals surface area contributed by atoms with Crippen molar-refractivity contribution in [2.75, 3.05) is 46.9 Å². The monoisotopic (exact) mass is 200 g/mol. The second kappa shape index (κ2) is 5.69. The van der Waals surface area contributed by atoms with Crippen LogP contribution in [-0.2, 0) is 4.74 Å². The van der Waals surface area contributed by atoms with Crippen LogP contribution in [0.5, 0.6) is 0 Å². The molecule has 1 fully saturated rings. The molecular weight excluding hydrogens is 176 g/mol. The van der Waals surface area contributed by atoms with Crippen LogP contribution in [-0.4, -0.2) is 51.8 Å². The Morgan fingerprint density at radius 2 is 2.00 bits per heavy atom. The van der Waals surface area contributed by atoms with Gasteiger partial charge in [-0.1, -0.05) is 6.92 Å². The maximum absolute atomic E-state index is 5.38. The number of nitrogens with one attached hydrogen (secondary N) is 1. The molecule has 0 atom stereocenters. The zero-order valence-corrected chi connectivity index (χ0v) is 9.81. The average molecular weight is 200 g/mol. The first-order valence-corrected chi connectivity index (χ1v) is 5.61. The van der Waals surface area contributed by atoms with Gasteiger partial charge in [0.1, 0.15) is 0 Å². The number of hydrogen-bond acceptors (Lipinski definition) is 3. The number of rotatable bonds is 5. The van der Waals surface area contributed by atoms with Crippen LogP contribution < -0.4 is 5.32 Å². The largest absolute Gasteiger partial charge is 0.384 e. The van der Waals surface area contributed by atoms with Gasteiger partial charge in [0.05, 0.1) is 6.61 Å². The molecule has 0 radical (unpaired) electrons. The van der Waals surface area contributed by atoms with E-state index in [4.69, 9.17) is 4.74 Å². The van der Waals surface area contributed by atoms with E-state index in [1.54, 1.807) is 0 Å². The third-order valence-corrected chi connectivity index (χ3v) is 3.26. The summed E-state index contributed by atoms with van der Waals surface area (Å²) >= 11 is 0. The lowest BCUT2D eigenvalue weighted by Crippen LogP contribution is -2.46. The van der Waals surface area contributed by atoms with Crippen molar-refractivity contribution in [1.29, 1.82) is 0 Å². The highest BCUT2D eigenvalue weighted by atomic mass is 16.5. The summed E-state index contributed by atoms with van der Waals surface area (Å²) in [6, 6.07) is 0. The Morgan fingerprint density at radius 3 is 2.50 bits per heavy atom. The van der Waals surface area contributed by atoms with Crippen molar-refractivity contribution in [2.24, 2.45) is 5.41 Å². The van der Waals surface area contributed by atoms with Crippen molar-refractivity contribution in [3.05, 3.63) is 0 Å². The molecule has 1 aliphatic heterocycles. The molecule has 3 heteroatoms. The molecule has 0 spiro atoms. The first-order chi connectivity index (χ1) is 6.72. The number of piperidine rings is 1. The van der Waals surface area contributed by atoms with Crippen LogP contribution in [0.1, 0.15) is 19.8 Å². The molecule has 14 heavy (non-hydrogen) atoms. The number of methoxy groups -OCH3 is 1. The van der Waals surface area contributed by atoms with Gasteiger partial charge in [-0.2, -0.15) is 0 Å². The smallest absolute Gasteiger partial charge is 0.0531 e. The molecule has 3 nitrogen and oxygen atoms in total. The van der Waals surface area contributed by atoms with Gasteiger partial charge in [-0.15, -0.1) is 0 Å². The van der Waals surface area contributed by atoms with Crippen molar-refractivity contribution >= 4 is 0 Å². The fraction of sp³-hybridized carbons (Fsp3) is 1.00. The molecule has 0 amide bonds. The van der Waals surface area contributed by atoms with Crippen LogP contribution in [0.3, 0.4) is 0 Å². The van der Waals surface area contributed by atoms with Crippen LogP contribution in [0.2, 0.25) is 0 Å². The zero-order chi connectivity index (χ0) is 10.4. The highest BCUT2D eigenvalue weighted by Crippen LogP contribution is 2.29. The van der Waals surface area contributed by atoms with Crippen LogP contribution in [0.4, 0.5) is 0 Å². The summed E-state index contributed by atoms with van der Waals surface area (Å²) in [5.41, 5.74) is 0.394. The molecule has 0 saturated carbocycles. The normalized spacial score (nSPS) is 21.4. The number of hydrogen-bond donors (Lipinski definition) is 1. The van der Waals surface area contributed by atoms with Gasteiger partial charge in [-0.3, -0.25) is 0 Å². The standard InChI is InChI=1S/C11H24N2O/c1-4-13(2)9-11(10-14-3)5-7-12-8-6-11/h12H,4-10H2,1-3H3. The first-order valence-electron chi connectivity index (χ1n) is 5.61. The summed E-state index contributed by atoms with van der Waals surface area (Å²) in [6.07, 6.45) is 2.48. The molecule has 1 aliphatic rings. The number of nitrogens with zero attached hydrogens (tertiary/aromatic N) is 1. The van der Waals surface area contributed by atoms with Gasteiger partial charge in [-0.05, 0) is 39.5 Å². The molecule has 0 aromatic carbocycles. The Balaban J connectivity index is 2.50. The van der Waals surface area contributed by atoms with E-state index >= 15 is 0 Å². The second-order valence-electron chi connectivity index (χ2n) is 4.51. The lowest BCUT2D eigenvalue weighted by atomic mass is 9.79. The number of ether oxygens (including phenoxy) is 1. The predicted molar refractivity (Wildman–Crippen MR) is 59.6 cm³/mol. The highest BCUT2D eigenvalue weighted by Gasteiger charge is 2.32. The van der Waals surface area contributed by atoms with Crippen molar-refractivity contribution in [3.63, 3.8) is 0 Å². The van der Waals surface area contributed by atoms with Gasteiger partial charge in [0.2, 0.25) is 0 Å². The second-order valence-corrected chi connectivity index (χ2v) is 4.51. The molecule has 1 heterocycles. The lowest BCUT2D eigenvalue weighted by Gasteiger charge is -2.39. The van der Waals surface area contributed by atoms with E-state index in [1.165, 1.54) is 19.4 Å². The minimum atomic E-state index is 0.394. The maximum Gasteiger partial charge on any atom is 0.0531 e. The van der Waals surface area contributed by atoms with Gasteiger partial charge in [0.25, 0.3) is 0 Å². The Bertz CT molecular complexity index is 150. The Labute approximate surface area is 87.8 Å². The summed E-state index contributed by atoms with van der Waals surface area (Å²) in [5, 5.41) is 3.42. The van der Waals surface area contributed by atoms with Gasteiger partial charge < -0.3 is 15.0 Å². The molecular formula is C11H24N2O. The van der Waals surface area contributed by atoms with E-state index in [-0.39, 0.29) is 0 Å². The SMILES string of the molecule is CCN(C)CC1(COC)CCNCC1. The van der Waals surface area contributed by atoms with E-state index in [0.29, 0.717) is 5.41 Å². The molecule has 0 aliphatic carbocycles. The minimum Gasteiger partial charge on any atom is -0.384 e. The van der Waals surface area contributed by atoms with Gasteiger partial charge >= 0.3 is 0 Å². The van der Waals surface area contributed by atoms with Crippen LogP contribution in [0.25, 0.3) is 0 Å². The molecule has 84 valence electrons. The van der Waals surface area contributed by atoms with Gasteiger partial charge in [0.15, 0.2) is 0 Å². The van der Waals surface area contributed by atoms with E-state index < -0.39 is 0 Å². The molecule has 1 N–H and O–H groups in total. The Morgan fingerprint density at radius 1 is 1.36 bits per heavy atom.